The number of hydrogen-bond donors (Lipinski definition) is 2. The summed E-state index contributed by atoms with van der Waals surface area (Å²) in [5.41, 5.74) is 0. The Hall–Kier alpha value is -0.120. The second-order valence-corrected chi connectivity index (χ2v) is 4.58. The van der Waals surface area contributed by atoms with E-state index in [9.17, 15) is 0 Å². The topological polar surface area (TPSA) is 27.3 Å². The first-order valence-electron chi connectivity index (χ1n) is 6.45. The summed E-state index contributed by atoms with van der Waals surface area (Å²) in [6.07, 6.45) is 2.56. The van der Waals surface area contributed by atoms with E-state index in [1.54, 1.807) is 0 Å². The maximum Gasteiger partial charge on any atom is 0.0169 e. The van der Waals surface area contributed by atoms with Crippen LogP contribution in [0.15, 0.2) is 0 Å². The molecule has 0 bridgehead atoms. The van der Waals surface area contributed by atoms with E-state index in [0.717, 1.165) is 19.1 Å². The summed E-state index contributed by atoms with van der Waals surface area (Å²) in [5, 5.41) is 7.14. The van der Waals surface area contributed by atoms with Gasteiger partial charge in [0.25, 0.3) is 0 Å². The molecular weight excluding hydrogens is 186 g/mol. The Labute approximate surface area is 94.6 Å². The Kier molecular flexibility index (Phi) is 6.22. The van der Waals surface area contributed by atoms with Crippen molar-refractivity contribution in [3.63, 3.8) is 0 Å². The van der Waals surface area contributed by atoms with Gasteiger partial charge in [0.15, 0.2) is 0 Å². The zero-order valence-corrected chi connectivity index (χ0v) is 10.6. The van der Waals surface area contributed by atoms with Crippen LogP contribution in [0, 0.1) is 0 Å². The highest BCUT2D eigenvalue weighted by Gasteiger charge is 2.15. The fourth-order valence-electron chi connectivity index (χ4n) is 2.31. The van der Waals surface area contributed by atoms with Crippen LogP contribution in [-0.4, -0.2) is 49.7 Å². The molecule has 0 radical (unpaired) electrons. The smallest absolute Gasteiger partial charge is 0.0169 e. The predicted molar refractivity (Wildman–Crippen MR) is 66.3 cm³/mol. The Morgan fingerprint density at radius 3 is 2.40 bits per heavy atom. The Bertz CT molecular complexity index is 151. The molecule has 15 heavy (non-hydrogen) atoms. The third-order valence-corrected chi connectivity index (χ3v) is 3.29. The zero-order valence-electron chi connectivity index (χ0n) is 10.6. The lowest BCUT2D eigenvalue weighted by molar-refractivity contribution is 0.250. The lowest BCUT2D eigenvalue weighted by Crippen LogP contribution is -2.47. The fourth-order valence-corrected chi connectivity index (χ4v) is 2.31. The quantitative estimate of drug-likeness (QED) is 0.691. The summed E-state index contributed by atoms with van der Waals surface area (Å²) >= 11 is 0. The SMILES string of the molecule is CCN(CC)CC(C)NC1CCNCC1. The Morgan fingerprint density at radius 1 is 1.27 bits per heavy atom. The summed E-state index contributed by atoms with van der Waals surface area (Å²) in [6.45, 7) is 12.6. The summed E-state index contributed by atoms with van der Waals surface area (Å²) in [7, 11) is 0. The third-order valence-electron chi connectivity index (χ3n) is 3.29. The Balaban J connectivity index is 2.18. The molecular formula is C12H27N3. The van der Waals surface area contributed by atoms with Crippen molar-refractivity contribution in [2.75, 3.05) is 32.7 Å². The first-order chi connectivity index (χ1) is 7.26. The van der Waals surface area contributed by atoms with Crippen LogP contribution in [0.1, 0.15) is 33.6 Å². The summed E-state index contributed by atoms with van der Waals surface area (Å²) in [5.74, 6) is 0. The van der Waals surface area contributed by atoms with Crippen LogP contribution in [0.4, 0.5) is 0 Å². The average molecular weight is 213 g/mol. The molecule has 2 N–H and O–H groups in total. The van der Waals surface area contributed by atoms with Crippen LogP contribution in [-0.2, 0) is 0 Å². The van der Waals surface area contributed by atoms with Gasteiger partial charge in [0.05, 0.1) is 0 Å². The van der Waals surface area contributed by atoms with Gasteiger partial charge in [-0.2, -0.15) is 0 Å². The molecule has 1 rings (SSSR count). The van der Waals surface area contributed by atoms with Gasteiger partial charge in [-0.05, 0) is 45.9 Å². The highest BCUT2D eigenvalue weighted by Crippen LogP contribution is 2.04. The molecule has 1 heterocycles. The molecule has 0 spiro atoms. The van der Waals surface area contributed by atoms with Gasteiger partial charge in [0.2, 0.25) is 0 Å². The third kappa shape index (κ3) is 4.96. The summed E-state index contributed by atoms with van der Waals surface area (Å²) in [4.78, 5) is 2.48. The van der Waals surface area contributed by atoms with Gasteiger partial charge in [-0.25, -0.2) is 0 Å². The molecule has 90 valence electrons. The molecule has 1 saturated heterocycles. The van der Waals surface area contributed by atoms with Crippen LogP contribution in [0.25, 0.3) is 0 Å². The normalized spacial score (nSPS) is 20.8. The molecule has 1 atom stereocenters. The van der Waals surface area contributed by atoms with Crippen molar-refractivity contribution in [1.82, 2.24) is 15.5 Å². The van der Waals surface area contributed by atoms with Gasteiger partial charge < -0.3 is 15.5 Å². The van der Waals surface area contributed by atoms with Crippen LogP contribution in [0.2, 0.25) is 0 Å². The van der Waals surface area contributed by atoms with E-state index in [-0.39, 0.29) is 0 Å². The van der Waals surface area contributed by atoms with Crippen LogP contribution in [0.3, 0.4) is 0 Å². The monoisotopic (exact) mass is 213 g/mol. The van der Waals surface area contributed by atoms with E-state index in [4.69, 9.17) is 0 Å². The van der Waals surface area contributed by atoms with Crippen molar-refractivity contribution in [3.05, 3.63) is 0 Å². The van der Waals surface area contributed by atoms with E-state index >= 15 is 0 Å². The number of piperidine rings is 1. The van der Waals surface area contributed by atoms with Crippen molar-refractivity contribution in [1.29, 1.82) is 0 Å². The van der Waals surface area contributed by atoms with Crippen LogP contribution in [0.5, 0.6) is 0 Å². The average Bonchev–Trinajstić information content (AvgIpc) is 2.27. The first kappa shape index (κ1) is 12.9. The molecule has 0 aromatic heterocycles. The van der Waals surface area contributed by atoms with Crippen molar-refractivity contribution in [2.24, 2.45) is 0 Å². The maximum atomic E-state index is 3.74. The predicted octanol–water partition coefficient (Wildman–Crippen LogP) is 1.06. The molecule has 1 fully saturated rings. The van der Waals surface area contributed by atoms with Gasteiger partial charge in [-0.3, -0.25) is 0 Å². The molecule has 1 aliphatic heterocycles. The van der Waals surface area contributed by atoms with Crippen LogP contribution < -0.4 is 10.6 Å². The number of likely N-dealkylation sites (N-methyl/N-ethyl adjacent to an activating group) is 1. The first-order valence-corrected chi connectivity index (χ1v) is 6.45. The molecule has 3 nitrogen and oxygen atoms in total. The molecule has 0 saturated carbocycles. The van der Waals surface area contributed by atoms with E-state index in [1.807, 2.05) is 0 Å². The van der Waals surface area contributed by atoms with Gasteiger partial charge in [-0.15, -0.1) is 0 Å². The van der Waals surface area contributed by atoms with E-state index < -0.39 is 0 Å². The fraction of sp³-hybridized carbons (Fsp3) is 1.00. The summed E-state index contributed by atoms with van der Waals surface area (Å²) < 4.78 is 0. The highest BCUT2D eigenvalue weighted by molar-refractivity contribution is 4.78. The van der Waals surface area contributed by atoms with Crippen LogP contribution >= 0.6 is 0 Å². The summed E-state index contributed by atoms with van der Waals surface area (Å²) in [6, 6.07) is 1.35. The molecule has 0 aromatic rings. The number of nitrogens with zero attached hydrogens (tertiary/aromatic N) is 1. The molecule has 0 aromatic carbocycles. The number of hydrogen-bond acceptors (Lipinski definition) is 3. The van der Waals surface area contributed by atoms with Crippen molar-refractivity contribution < 1.29 is 0 Å². The van der Waals surface area contributed by atoms with Crippen molar-refractivity contribution in [3.8, 4) is 0 Å². The second kappa shape index (κ2) is 7.20. The number of nitrogens with one attached hydrogen (secondary N) is 2. The van der Waals surface area contributed by atoms with E-state index in [0.29, 0.717) is 6.04 Å². The number of rotatable bonds is 6. The minimum Gasteiger partial charge on any atom is -0.317 e. The largest absolute Gasteiger partial charge is 0.317 e. The van der Waals surface area contributed by atoms with Gasteiger partial charge in [0, 0.05) is 18.6 Å². The molecule has 0 aliphatic carbocycles. The maximum absolute atomic E-state index is 3.74. The van der Waals surface area contributed by atoms with Crippen molar-refractivity contribution >= 4 is 0 Å². The lowest BCUT2D eigenvalue weighted by Gasteiger charge is -2.30. The molecule has 0 amide bonds. The Morgan fingerprint density at radius 2 is 1.87 bits per heavy atom. The molecule has 1 unspecified atom stereocenters. The van der Waals surface area contributed by atoms with Gasteiger partial charge in [-0.1, -0.05) is 13.8 Å². The minimum absolute atomic E-state index is 0.619. The molecule has 3 heteroatoms. The van der Waals surface area contributed by atoms with Crippen molar-refractivity contribution in [2.45, 2.75) is 45.7 Å². The standard InChI is InChI=1S/C12H27N3/c1-4-15(5-2)10-11(3)14-12-6-8-13-9-7-12/h11-14H,4-10H2,1-3H3. The van der Waals surface area contributed by atoms with Gasteiger partial charge in [0.1, 0.15) is 0 Å². The van der Waals surface area contributed by atoms with E-state index in [1.165, 1.54) is 32.5 Å². The zero-order chi connectivity index (χ0) is 11.1. The molecule has 1 aliphatic rings. The second-order valence-electron chi connectivity index (χ2n) is 4.58. The van der Waals surface area contributed by atoms with Gasteiger partial charge >= 0.3 is 0 Å². The lowest BCUT2D eigenvalue weighted by atomic mass is 10.1. The minimum atomic E-state index is 0.619. The van der Waals surface area contributed by atoms with E-state index in [2.05, 4.69) is 36.3 Å². The highest BCUT2D eigenvalue weighted by atomic mass is 15.1.